The Labute approximate surface area is 119 Å². The Morgan fingerprint density at radius 1 is 1.43 bits per heavy atom. The summed E-state index contributed by atoms with van der Waals surface area (Å²) in [4.78, 5) is 21.4. The molecule has 0 saturated carbocycles. The molecule has 1 aromatic carbocycles. The number of hydrogen-bond donors (Lipinski definition) is 2. The highest BCUT2D eigenvalue weighted by Gasteiger charge is 2.27. The van der Waals surface area contributed by atoms with Crippen molar-refractivity contribution in [2.75, 3.05) is 6.61 Å². The summed E-state index contributed by atoms with van der Waals surface area (Å²) in [6.07, 6.45) is 0.711. The summed E-state index contributed by atoms with van der Waals surface area (Å²) in [7, 11) is 0. The van der Waals surface area contributed by atoms with E-state index in [4.69, 9.17) is 5.11 Å². The number of carbonyl (C=O) groups excluding carboxylic acids is 1. The number of carbonyl (C=O) groups is 1. The lowest BCUT2D eigenvalue weighted by Gasteiger charge is -2.29. The first kappa shape index (κ1) is 17.0. The van der Waals surface area contributed by atoms with Gasteiger partial charge in [0.1, 0.15) is 5.82 Å². The smallest absolute Gasteiger partial charge is 0.307 e. The first-order chi connectivity index (χ1) is 9.74. The number of aliphatic hydroxyl groups is 1. The Hall–Kier alpha value is -2.09. The Balaban J connectivity index is 3.08. The number of benzene rings is 1. The van der Waals surface area contributed by atoms with E-state index in [2.05, 4.69) is 5.32 Å². The minimum absolute atomic E-state index is 0.179. The molecule has 21 heavy (non-hydrogen) atoms. The van der Waals surface area contributed by atoms with Gasteiger partial charge in [0, 0.05) is 12.1 Å². The van der Waals surface area contributed by atoms with Crippen LogP contribution in [0, 0.1) is 21.7 Å². The molecular weight excluding hydrogens is 286 g/mol. The van der Waals surface area contributed by atoms with Gasteiger partial charge in [-0.3, -0.25) is 14.9 Å². The maximum atomic E-state index is 13.7. The number of nitrogens with zero attached hydrogens (tertiary/aromatic N) is 1. The van der Waals surface area contributed by atoms with Gasteiger partial charge in [-0.15, -0.1) is 0 Å². The van der Waals surface area contributed by atoms with Gasteiger partial charge < -0.3 is 10.4 Å². The molecule has 116 valence electrons. The lowest BCUT2D eigenvalue weighted by atomic mass is 9.94. The van der Waals surface area contributed by atoms with E-state index in [1.54, 1.807) is 13.8 Å². The van der Waals surface area contributed by atoms with Crippen LogP contribution in [0.1, 0.15) is 37.0 Å². The summed E-state index contributed by atoms with van der Waals surface area (Å²) >= 11 is 0. The minimum atomic E-state index is -1.29. The first-order valence-corrected chi connectivity index (χ1v) is 6.31. The second-order valence-corrected chi connectivity index (χ2v) is 4.88. The quantitative estimate of drug-likeness (QED) is 0.622. The lowest BCUT2D eigenvalue weighted by molar-refractivity contribution is -0.387. The van der Waals surface area contributed by atoms with Crippen molar-refractivity contribution in [1.29, 1.82) is 0 Å². The maximum absolute atomic E-state index is 13.7. The van der Waals surface area contributed by atoms with Crippen molar-refractivity contribution < 1.29 is 23.6 Å². The fourth-order valence-electron chi connectivity index (χ4n) is 1.77. The van der Waals surface area contributed by atoms with Gasteiger partial charge in [0.25, 0.3) is 5.91 Å². The summed E-state index contributed by atoms with van der Waals surface area (Å²) in [6, 6.07) is 0.872. The molecule has 0 aliphatic carbocycles. The third-order valence-corrected chi connectivity index (χ3v) is 3.34. The maximum Gasteiger partial charge on any atom is 0.307 e. The summed E-state index contributed by atoms with van der Waals surface area (Å²) < 4.78 is 27.2. The highest BCUT2D eigenvalue weighted by Crippen LogP contribution is 2.22. The number of aliphatic hydroxyl groups excluding tert-OH is 1. The van der Waals surface area contributed by atoms with Crippen molar-refractivity contribution in [3.05, 3.63) is 39.4 Å². The number of amides is 1. The highest BCUT2D eigenvalue weighted by atomic mass is 19.1. The Morgan fingerprint density at radius 2 is 2.05 bits per heavy atom. The highest BCUT2D eigenvalue weighted by molar-refractivity contribution is 5.95. The van der Waals surface area contributed by atoms with E-state index >= 15 is 0 Å². The van der Waals surface area contributed by atoms with Gasteiger partial charge in [-0.05, 0) is 25.8 Å². The van der Waals surface area contributed by atoms with Gasteiger partial charge in [-0.25, -0.2) is 4.39 Å². The number of rotatable bonds is 6. The van der Waals surface area contributed by atoms with Crippen LogP contribution in [0.5, 0.6) is 0 Å². The molecule has 0 aliphatic heterocycles. The van der Waals surface area contributed by atoms with E-state index in [-0.39, 0.29) is 13.0 Å². The fourth-order valence-corrected chi connectivity index (χ4v) is 1.77. The molecule has 0 radical (unpaired) electrons. The van der Waals surface area contributed by atoms with Crippen LogP contribution in [0.25, 0.3) is 0 Å². The van der Waals surface area contributed by atoms with Crippen molar-refractivity contribution in [3.63, 3.8) is 0 Å². The van der Waals surface area contributed by atoms with Crippen molar-refractivity contribution >= 4 is 11.6 Å². The van der Waals surface area contributed by atoms with Crippen LogP contribution in [-0.2, 0) is 0 Å². The Kier molecular flexibility index (Phi) is 5.31. The average Bonchev–Trinajstić information content (AvgIpc) is 2.40. The molecule has 0 saturated heterocycles. The predicted octanol–water partition coefficient (Wildman–Crippen LogP) is 2.15. The molecule has 0 fully saturated rings. The topological polar surface area (TPSA) is 92.5 Å². The molecule has 0 aliphatic rings. The van der Waals surface area contributed by atoms with Crippen molar-refractivity contribution in [2.24, 2.45) is 0 Å². The molecule has 6 nitrogen and oxygen atoms in total. The summed E-state index contributed by atoms with van der Waals surface area (Å²) in [6.45, 7) is 3.24. The molecule has 1 rings (SSSR count). The third-order valence-electron chi connectivity index (χ3n) is 3.34. The van der Waals surface area contributed by atoms with Gasteiger partial charge >= 0.3 is 5.69 Å². The van der Waals surface area contributed by atoms with E-state index < -0.39 is 39.3 Å². The Morgan fingerprint density at radius 3 is 2.52 bits per heavy atom. The molecule has 0 spiro atoms. The molecule has 0 heterocycles. The van der Waals surface area contributed by atoms with E-state index in [0.717, 1.165) is 0 Å². The van der Waals surface area contributed by atoms with Crippen LogP contribution < -0.4 is 5.32 Å². The molecule has 1 atom stereocenters. The molecule has 1 aromatic rings. The van der Waals surface area contributed by atoms with E-state index in [1.807, 2.05) is 0 Å². The van der Waals surface area contributed by atoms with Crippen molar-refractivity contribution in [2.45, 2.75) is 32.2 Å². The molecular formula is C13H16F2N2O4. The van der Waals surface area contributed by atoms with Gasteiger partial charge in [0.2, 0.25) is 5.82 Å². The number of hydrogen-bond acceptors (Lipinski definition) is 4. The Bertz CT molecular complexity index is 565. The number of halogens is 2. The summed E-state index contributed by atoms with van der Waals surface area (Å²) in [5.41, 5.74) is -2.43. The van der Waals surface area contributed by atoms with Gasteiger partial charge in [-0.2, -0.15) is 4.39 Å². The zero-order valence-corrected chi connectivity index (χ0v) is 11.7. The zero-order valence-electron chi connectivity index (χ0n) is 11.7. The van der Waals surface area contributed by atoms with E-state index in [0.29, 0.717) is 18.6 Å². The van der Waals surface area contributed by atoms with Crippen LogP contribution in [0.2, 0.25) is 0 Å². The molecule has 0 bridgehead atoms. The SMILES string of the molecule is CCC(C)(CCO)NC(=O)c1cc(F)c([N+](=O)[O-])cc1F. The van der Waals surface area contributed by atoms with Crippen LogP contribution in [0.4, 0.5) is 14.5 Å². The lowest BCUT2D eigenvalue weighted by Crippen LogP contribution is -2.46. The van der Waals surface area contributed by atoms with Gasteiger partial charge in [-0.1, -0.05) is 6.92 Å². The number of nitrogens with one attached hydrogen (secondary N) is 1. The predicted molar refractivity (Wildman–Crippen MR) is 70.9 cm³/mol. The first-order valence-electron chi connectivity index (χ1n) is 6.31. The monoisotopic (exact) mass is 302 g/mol. The summed E-state index contributed by atoms with van der Waals surface area (Å²) in [5, 5.41) is 21.9. The normalized spacial score (nSPS) is 13.6. The standard InChI is InChI=1S/C13H16F2N2O4/c1-3-13(2,4-5-18)16-12(19)8-6-10(15)11(17(20)21)7-9(8)14/h6-7,18H,3-5H2,1-2H3,(H,16,19). The van der Waals surface area contributed by atoms with Gasteiger partial charge in [0.15, 0.2) is 0 Å². The van der Waals surface area contributed by atoms with Crippen LogP contribution in [-0.4, -0.2) is 28.1 Å². The third kappa shape index (κ3) is 3.94. The van der Waals surface area contributed by atoms with Crippen LogP contribution >= 0.6 is 0 Å². The van der Waals surface area contributed by atoms with Crippen LogP contribution in [0.3, 0.4) is 0 Å². The molecule has 1 unspecified atom stereocenters. The molecule has 8 heteroatoms. The number of nitro benzene ring substituents is 1. The van der Waals surface area contributed by atoms with Crippen molar-refractivity contribution in [3.8, 4) is 0 Å². The number of nitro groups is 1. The molecule has 2 N–H and O–H groups in total. The minimum Gasteiger partial charge on any atom is -0.396 e. The largest absolute Gasteiger partial charge is 0.396 e. The zero-order chi connectivity index (χ0) is 16.2. The van der Waals surface area contributed by atoms with Gasteiger partial charge in [0.05, 0.1) is 16.6 Å². The fraction of sp³-hybridized carbons (Fsp3) is 0.462. The average molecular weight is 302 g/mol. The van der Waals surface area contributed by atoms with Crippen molar-refractivity contribution in [1.82, 2.24) is 5.32 Å². The molecule has 1 amide bonds. The summed E-state index contributed by atoms with van der Waals surface area (Å²) in [5.74, 6) is -3.35. The van der Waals surface area contributed by atoms with E-state index in [1.165, 1.54) is 0 Å². The molecule has 0 aromatic heterocycles. The second-order valence-electron chi connectivity index (χ2n) is 4.88. The van der Waals surface area contributed by atoms with Crippen LogP contribution in [0.15, 0.2) is 12.1 Å². The van der Waals surface area contributed by atoms with E-state index in [9.17, 15) is 23.7 Å². The second kappa shape index (κ2) is 6.57.